The first-order valence-corrected chi connectivity index (χ1v) is 5.26. The van der Waals surface area contributed by atoms with Gasteiger partial charge in [-0.2, -0.15) is 0 Å². The van der Waals surface area contributed by atoms with E-state index < -0.39 is 0 Å². The Morgan fingerprint density at radius 3 is 2.94 bits per heavy atom. The normalized spacial score (nSPS) is 11.2. The molecular formula is C12H10FN3O. The first-order valence-electron chi connectivity index (χ1n) is 5.26. The van der Waals surface area contributed by atoms with Gasteiger partial charge in [-0.15, -0.1) is 0 Å². The molecule has 5 heteroatoms. The average Bonchev–Trinajstić information content (AvgIpc) is 2.87. The lowest BCUT2D eigenvalue weighted by atomic mass is 10.2. The van der Waals surface area contributed by atoms with Gasteiger partial charge in [-0.25, -0.2) is 9.02 Å². The second-order valence-corrected chi connectivity index (χ2v) is 3.94. The second kappa shape index (κ2) is 3.69. The van der Waals surface area contributed by atoms with E-state index >= 15 is 0 Å². The maximum atomic E-state index is 13.0. The van der Waals surface area contributed by atoms with Crippen LogP contribution in [0.2, 0.25) is 0 Å². The zero-order valence-corrected chi connectivity index (χ0v) is 9.22. The van der Waals surface area contributed by atoms with Gasteiger partial charge in [0.2, 0.25) is 0 Å². The first-order chi connectivity index (χ1) is 8.24. The number of hydrogen-bond donors (Lipinski definition) is 0. The van der Waals surface area contributed by atoms with Crippen LogP contribution in [0.4, 0.5) is 4.39 Å². The molecule has 2 heterocycles. The summed E-state index contributed by atoms with van der Waals surface area (Å²) in [6, 6.07) is 6.60. The van der Waals surface area contributed by atoms with E-state index in [-0.39, 0.29) is 5.82 Å². The molecule has 0 N–H and O–H groups in total. The largest absolute Gasteiger partial charge is 0.341 e. The van der Waals surface area contributed by atoms with Gasteiger partial charge in [0, 0.05) is 17.1 Å². The van der Waals surface area contributed by atoms with E-state index in [4.69, 9.17) is 0 Å². The van der Waals surface area contributed by atoms with Crippen LogP contribution >= 0.6 is 0 Å². The van der Waals surface area contributed by atoms with Crippen molar-refractivity contribution in [1.29, 1.82) is 0 Å². The Bertz CT molecular complexity index is 671. The Balaban J connectivity index is 2.04. The number of fused-ring (bicyclic) bond motifs is 1. The van der Waals surface area contributed by atoms with Crippen LogP contribution in [-0.4, -0.2) is 14.9 Å². The lowest BCUT2D eigenvalue weighted by Crippen LogP contribution is -1.99. The quantitative estimate of drug-likeness (QED) is 0.680. The highest BCUT2D eigenvalue weighted by atomic mass is 19.1. The highest BCUT2D eigenvalue weighted by Gasteiger charge is 2.08. The van der Waals surface area contributed by atoms with Crippen molar-refractivity contribution in [2.45, 2.75) is 13.5 Å². The van der Waals surface area contributed by atoms with E-state index in [9.17, 15) is 4.39 Å². The van der Waals surface area contributed by atoms with Gasteiger partial charge in [-0.1, -0.05) is 10.3 Å². The zero-order chi connectivity index (χ0) is 11.8. The number of aryl methyl sites for hydroxylation is 1. The average molecular weight is 231 g/mol. The molecule has 0 saturated heterocycles. The van der Waals surface area contributed by atoms with Crippen molar-refractivity contribution >= 4 is 10.9 Å². The molecule has 2 aromatic heterocycles. The Hall–Kier alpha value is -2.17. The fourth-order valence-electron chi connectivity index (χ4n) is 1.86. The molecule has 3 rings (SSSR count). The highest BCUT2D eigenvalue weighted by Crippen LogP contribution is 2.18. The molecule has 0 spiro atoms. The highest BCUT2D eigenvalue weighted by molar-refractivity contribution is 5.80. The Morgan fingerprint density at radius 2 is 2.18 bits per heavy atom. The van der Waals surface area contributed by atoms with Gasteiger partial charge in [-0.05, 0) is 31.2 Å². The first kappa shape index (κ1) is 10.0. The Kier molecular flexibility index (Phi) is 2.18. The lowest BCUT2D eigenvalue weighted by molar-refractivity contribution is 0.300. The molecule has 0 aliphatic heterocycles. The minimum absolute atomic E-state index is 0.227. The van der Waals surface area contributed by atoms with E-state index in [1.54, 1.807) is 6.07 Å². The van der Waals surface area contributed by atoms with Gasteiger partial charge >= 0.3 is 0 Å². The lowest BCUT2D eigenvalue weighted by Gasteiger charge is -2.02. The van der Waals surface area contributed by atoms with Crippen LogP contribution < -0.4 is 0 Å². The molecule has 0 atom stereocenters. The summed E-state index contributed by atoms with van der Waals surface area (Å²) in [7, 11) is 0. The number of halogens is 1. The van der Waals surface area contributed by atoms with Crippen LogP contribution in [0.5, 0.6) is 0 Å². The fourth-order valence-corrected chi connectivity index (χ4v) is 1.86. The summed E-state index contributed by atoms with van der Waals surface area (Å²) < 4.78 is 19.7. The molecule has 4 nitrogen and oxygen atoms in total. The summed E-state index contributed by atoms with van der Waals surface area (Å²) in [6.45, 7) is 2.42. The van der Waals surface area contributed by atoms with Gasteiger partial charge in [0.25, 0.3) is 0 Å². The smallest absolute Gasteiger partial charge is 0.127 e. The molecule has 0 radical (unpaired) electrons. The van der Waals surface area contributed by atoms with E-state index in [2.05, 4.69) is 14.9 Å². The maximum absolute atomic E-state index is 13.0. The number of benzene rings is 1. The fraction of sp³-hybridized carbons (Fsp3) is 0.167. The Morgan fingerprint density at radius 1 is 1.29 bits per heavy atom. The van der Waals surface area contributed by atoms with Crippen molar-refractivity contribution in [1.82, 2.24) is 14.9 Å². The summed E-state index contributed by atoms with van der Waals surface area (Å²) in [5.41, 5.74) is 2.52. The third-order valence-corrected chi connectivity index (χ3v) is 2.80. The van der Waals surface area contributed by atoms with Gasteiger partial charge in [0.05, 0.1) is 6.54 Å². The molecule has 3 aromatic rings. The summed E-state index contributed by atoms with van der Waals surface area (Å²) in [6.07, 6.45) is 1.90. The Labute approximate surface area is 96.6 Å². The molecule has 17 heavy (non-hydrogen) atoms. The summed E-state index contributed by atoms with van der Waals surface area (Å²) in [5, 5.41) is 8.44. The summed E-state index contributed by atoms with van der Waals surface area (Å²) >= 11 is 0. The predicted octanol–water partition coefficient (Wildman–Crippen LogP) is 2.52. The minimum Gasteiger partial charge on any atom is -0.341 e. The molecule has 0 aliphatic rings. The molecule has 0 bridgehead atoms. The number of hydrogen-bond acceptors (Lipinski definition) is 3. The van der Waals surface area contributed by atoms with Crippen molar-refractivity contribution in [2.75, 3.05) is 0 Å². The van der Waals surface area contributed by atoms with Gasteiger partial charge in [0.1, 0.15) is 17.2 Å². The predicted molar refractivity (Wildman–Crippen MR) is 60.0 cm³/mol. The molecule has 0 aliphatic carbocycles. The molecule has 0 unspecified atom stereocenters. The molecule has 0 saturated carbocycles. The van der Waals surface area contributed by atoms with E-state index in [0.717, 1.165) is 22.3 Å². The number of aromatic nitrogens is 3. The third-order valence-electron chi connectivity index (χ3n) is 2.80. The van der Waals surface area contributed by atoms with Crippen molar-refractivity contribution in [3.63, 3.8) is 0 Å². The third kappa shape index (κ3) is 1.69. The monoisotopic (exact) mass is 231 g/mol. The van der Waals surface area contributed by atoms with Crippen LogP contribution in [0.1, 0.15) is 11.4 Å². The number of nitrogens with zero attached hydrogens (tertiary/aromatic N) is 3. The van der Waals surface area contributed by atoms with Gasteiger partial charge in [0.15, 0.2) is 0 Å². The number of rotatable bonds is 2. The minimum atomic E-state index is -0.227. The van der Waals surface area contributed by atoms with Crippen molar-refractivity contribution in [3.8, 4) is 0 Å². The van der Waals surface area contributed by atoms with Crippen LogP contribution in [0.25, 0.3) is 10.9 Å². The van der Waals surface area contributed by atoms with Crippen molar-refractivity contribution in [3.05, 3.63) is 47.7 Å². The van der Waals surface area contributed by atoms with E-state index in [0.29, 0.717) is 6.54 Å². The van der Waals surface area contributed by atoms with Crippen molar-refractivity contribution in [2.24, 2.45) is 0 Å². The topological polar surface area (TPSA) is 43.9 Å². The molecule has 86 valence electrons. The maximum Gasteiger partial charge on any atom is 0.127 e. The van der Waals surface area contributed by atoms with Crippen molar-refractivity contribution < 1.29 is 9.02 Å². The standard InChI is InChI=1S/C12H10FN3O/c1-8-11(15-17-14-8)7-16-5-4-9-6-10(13)2-3-12(9)16/h2-6H,7H2,1H3. The van der Waals surface area contributed by atoms with Gasteiger partial charge in [-0.3, -0.25) is 0 Å². The van der Waals surface area contributed by atoms with E-state index in [1.807, 2.05) is 23.8 Å². The molecule has 1 aromatic carbocycles. The molecule has 0 fully saturated rings. The molecular weight excluding hydrogens is 221 g/mol. The van der Waals surface area contributed by atoms with Crippen LogP contribution in [-0.2, 0) is 6.54 Å². The van der Waals surface area contributed by atoms with Crippen LogP contribution in [0.15, 0.2) is 35.1 Å². The second-order valence-electron chi connectivity index (χ2n) is 3.94. The van der Waals surface area contributed by atoms with E-state index in [1.165, 1.54) is 12.1 Å². The van der Waals surface area contributed by atoms with Gasteiger partial charge < -0.3 is 4.57 Å². The summed E-state index contributed by atoms with van der Waals surface area (Å²) in [4.78, 5) is 0. The van der Waals surface area contributed by atoms with Crippen LogP contribution in [0, 0.1) is 12.7 Å². The SMILES string of the molecule is Cc1nonc1Cn1ccc2cc(F)ccc21. The summed E-state index contributed by atoms with van der Waals surface area (Å²) in [5.74, 6) is -0.227. The molecule has 0 amide bonds. The van der Waals surface area contributed by atoms with Crippen LogP contribution in [0.3, 0.4) is 0 Å². The zero-order valence-electron chi connectivity index (χ0n) is 9.22.